The van der Waals surface area contributed by atoms with Gasteiger partial charge in [0.1, 0.15) is 13.2 Å². The molecule has 5 nitrogen and oxygen atoms in total. The van der Waals surface area contributed by atoms with Gasteiger partial charge in [-0.1, -0.05) is 17.7 Å². The van der Waals surface area contributed by atoms with Crippen molar-refractivity contribution in [3.05, 3.63) is 53.6 Å². The second-order valence-corrected chi connectivity index (χ2v) is 5.18. The van der Waals surface area contributed by atoms with Crippen molar-refractivity contribution in [2.75, 3.05) is 18.2 Å². The summed E-state index contributed by atoms with van der Waals surface area (Å²) in [5.74, 6) is 1.12. The monoisotopic (exact) mass is 310 g/mol. The lowest BCUT2D eigenvalue weighted by molar-refractivity contribution is 0.0987. The summed E-state index contributed by atoms with van der Waals surface area (Å²) in [6, 6.07) is 12.8. The number of carbonyl (C=O) groups excluding carboxylic acids is 1. The zero-order chi connectivity index (χ0) is 16.2. The first-order valence-corrected chi connectivity index (χ1v) is 7.48. The molecule has 1 amide bonds. The van der Waals surface area contributed by atoms with Crippen molar-refractivity contribution < 1.29 is 14.3 Å². The fourth-order valence-corrected chi connectivity index (χ4v) is 2.33. The van der Waals surface area contributed by atoms with E-state index in [1.165, 1.54) is 5.01 Å². The molecule has 3 rings (SSSR count). The second kappa shape index (κ2) is 6.52. The SMILES string of the molecule is CC=NN(C(=O)c1ccc(C)cc1)c1ccc2c(c1)OCCO2. The molecule has 0 unspecified atom stereocenters. The van der Waals surface area contributed by atoms with Gasteiger partial charge in [-0.25, -0.2) is 0 Å². The lowest BCUT2D eigenvalue weighted by Crippen LogP contribution is -2.26. The lowest BCUT2D eigenvalue weighted by Gasteiger charge is -2.22. The van der Waals surface area contributed by atoms with Gasteiger partial charge in [0.15, 0.2) is 11.5 Å². The predicted molar refractivity (Wildman–Crippen MR) is 89.6 cm³/mol. The molecular weight excluding hydrogens is 292 g/mol. The third-order valence-electron chi connectivity index (χ3n) is 3.49. The number of nitrogens with zero attached hydrogens (tertiary/aromatic N) is 2. The van der Waals surface area contributed by atoms with E-state index in [0.29, 0.717) is 36.0 Å². The highest BCUT2D eigenvalue weighted by Gasteiger charge is 2.20. The molecule has 0 spiro atoms. The number of hydrogen-bond acceptors (Lipinski definition) is 4. The van der Waals surface area contributed by atoms with E-state index in [0.717, 1.165) is 5.56 Å². The molecule has 0 radical (unpaired) electrons. The topological polar surface area (TPSA) is 51.1 Å². The summed E-state index contributed by atoms with van der Waals surface area (Å²) >= 11 is 0. The highest BCUT2D eigenvalue weighted by Crippen LogP contribution is 2.34. The van der Waals surface area contributed by atoms with Gasteiger partial charge in [0.25, 0.3) is 5.91 Å². The van der Waals surface area contributed by atoms with Crippen LogP contribution in [-0.2, 0) is 0 Å². The van der Waals surface area contributed by atoms with Crippen molar-refractivity contribution >= 4 is 17.8 Å². The van der Waals surface area contributed by atoms with Gasteiger partial charge < -0.3 is 9.47 Å². The van der Waals surface area contributed by atoms with Crippen molar-refractivity contribution in [2.45, 2.75) is 13.8 Å². The lowest BCUT2D eigenvalue weighted by atomic mass is 10.1. The van der Waals surface area contributed by atoms with Gasteiger partial charge in [0.2, 0.25) is 0 Å². The Hall–Kier alpha value is -2.82. The molecule has 0 saturated heterocycles. The van der Waals surface area contributed by atoms with Crippen LogP contribution in [0.25, 0.3) is 0 Å². The van der Waals surface area contributed by atoms with Gasteiger partial charge in [-0.2, -0.15) is 10.1 Å². The number of hydrazone groups is 1. The van der Waals surface area contributed by atoms with Gasteiger partial charge in [-0.3, -0.25) is 4.79 Å². The highest BCUT2D eigenvalue weighted by molar-refractivity contribution is 6.06. The molecule has 23 heavy (non-hydrogen) atoms. The van der Waals surface area contributed by atoms with E-state index >= 15 is 0 Å². The fraction of sp³-hybridized carbons (Fsp3) is 0.222. The third-order valence-corrected chi connectivity index (χ3v) is 3.49. The van der Waals surface area contributed by atoms with Crippen LogP contribution in [0.3, 0.4) is 0 Å². The molecule has 2 aromatic rings. The van der Waals surface area contributed by atoms with E-state index in [1.54, 1.807) is 43.5 Å². The fourth-order valence-electron chi connectivity index (χ4n) is 2.33. The van der Waals surface area contributed by atoms with E-state index < -0.39 is 0 Å². The summed E-state index contributed by atoms with van der Waals surface area (Å²) in [6.45, 7) is 4.79. The van der Waals surface area contributed by atoms with E-state index in [4.69, 9.17) is 9.47 Å². The van der Waals surface area contributed by atoms with E-state index in [9.17, 15) is 4.79 Å². The molecule has 0 atom stereocenters. The Labute approximate surface area is 135 Å². The van der Waals surface area contributed by atoms with Gasteiger partial charge in [0, 0.05) is 17.8 Å². The molecule has 118 valence electrons. The Morgan fingerprint density at radius 1 is 1.09 bits per heavy atom. The zero-order valence-electron chi connectivity index (χ0n) is 13.2. The molecule has 1 heterocycles. The molecule has 0 N–H and O–H groups in total. The highest BCUT2D eigenvalue weighted by atomic mass is 16.6. The smallest absolute Gasteiger partial charge is 0.278 e. The Kier molecular flexibility index (Phi) is 4.28. The minimum atomic E-state index is -0.195. The number of anilines is 1. The average Bonchev–Trinajstić information content (AvgIpc) is 2.59. The van der Waals surface area contributed by atoms with Crippen molar-refractivity contribution in [1.29, 1.82) is 0 Å². The summed E-state index contributed by atoms with van der Waals surface area (Å²) in [5, 5.41) is 5.57. The number of aryl methyl sites for hydroxylation is 1. The molecule has 1 aliphatic heterocycles. The van der Waals surface area contributed by atoms with Crippen molar-refractivity contribution in [1.82, 2.24) is 0 Å². The quantitative estimate of drug-likeness (QED) is 0.645. The molecule has 0 bridgehead atoms. The molecule has 1 aliphatic rings. The maximum Gasteiger partial charge on any atom is 0.278 e. The Morgan fingerprint density at radius 2 is 1.78 bits per heavy atom. The molecule has 2 aromatic carbocycles. The Bertz CT molecular complexity index is 738. The minimum absolute atomic E-state index is 0.195. The average molecular weight is 310 g/mol. The summed E-state index contributed by atoms with van der Waals surface area (Å²) in [4.78, 5) is 12.8. The number of benzene rings is 2. The number of carbonyl (C=O) groups is 1. The molecule has 0 aromatic heterocycles. The van der Waals surface area contributed by atoms with Crippen LogP contribution >= 0.6 is 0 Å². The zero-order valence-corrected chi connectivity index (χ0v) is 13.2. The number of hydrogen-bond donors (Lipinski definition) is 0. The van der Waals surface area contributed by atoms with E-state index in [2.05, 4.69) is 5.10 Å². The predicted octanol–water partition coefficient (Wildman–Crippen LogP) is 3.42. The molecule has 0 aliphatic carbocycles. The van der Waals surface area contributed by atoms with Gasteiger partial charge in [0.05, 0.1) is 5.69 Å². The third kappa shape index (κ3) is 3.18. The van der Waals surface area contributed by atoms with Crippen LogP contribution in [0.2, 0.25) is 0 Å². The van der Waals surface area contributed by atoms with Crippen molar-refractivity contribution in [2.24, 2.45) is 5.10 Å². The largest absolute Gasteiger partial charge is 0.486 e. The summed E-state index contributed by atoms with van der Waals surface area (Å²) < 4.78 is 11.1. The van der Waals surface area contributed by atoms with Crippen molar-refractivity contribution in [3.63, 3.8) is 0 Å². The normalized spacial score (nSPS) is 13.1. The van der Waals surface area contributed by atoms with Crippen LogP contribution in [0.1, 0.15) is 22.8 Å². The van der Waals surface area contributed by atoms with Crippen LogP contribution < -0.4 is 14.5 Å². The Balaban J connectivity index is 1.95. The molecular formula is C18H18N2O3. The van der Waals surface area contributed by atoms with Crippen LogP contribution in [0.15, 0.2) is 47.6 Å². The summed E-state index contributed by atoms with van der Waals surface area (Å²) in [5.41, 5.74) is 2.32. The minimum Gasteiger partial charge on any atom is -0.486 e. The van der Waals surface area contributed by atoms with Crippen LogP contribution in [0.4, 0.5) is 5.69 Å². The van der Waals surface area contributed by atoms with Crippen LogP contribution in [0.5, 0.6) is 11.5 Å². The maximum absolute atomic E-state index is 12.8. The summed E-state index contributed by atoms with van der Waals surface area (Å²) in [6.07, 6.45) is 1.59. The van der Waals surface area contributed by atoms with Gasteiger partial charge >= 0.3 is 0 Å². The Morgan fingerprint density at radius 3 is 2.48 bits per heavy atom. The maximum atomic E-state index is 12.8. The number of rotatable bonds is 3. The molecule has 0 saturated carbocycles. The summed E-state index contributed by atoms with van der Waals surface area (Å²) in [7, 11) is 0. The van der Waals surface area contributed by atoms with Crippen molar-refractivity contribution in [3.8, 4) is 11.5 Å². The van der Waals surface area contributed by atoms with E-state index in [1.807, 2.05) is 19.1 Å². The first-order valence-electron chi connectivity index (χ1n) is 7.48. The first-order chi connectivity index (χ1) is 11.2. The van der Waals surface area contributed by atoms with Gasteiger partial charge in [-0.15, -0.1) is 0 Å². The standard InChI is InChI=1S/C18H18N2O3/c1-3-19-20(18(21)14-6-4-13(2)5-7-14)15-8-9-16-17(12-15)23-11-10-22-16/h3-9,12H,10-11H2,1-2H3. The molecule has 0 fully saturated rings. The first kappa shape index (κ1) is 15.1. The number of ether oxygens (including phenoxy) is 2. The number of amides is 1. The number of fused-ring (bicyclic) bond motifs is 1. The second-order valence-electron chi connectivity index (χ2n) is 5.18. The van der Waals surface area contributed by atoms with E-state index in [-0.39, 0.29) is 5.91 Å². The van der Waals surface area contributed by atoms with Crippen LogP contribution in [0, 0.1) is 6.92 Å². The molecule has 5 heteroatoms. The van der Waals surface area contributed by atoms with Gasteiger partial charge in [-0.05, 0) is 38.1 Å². The van der Waals surface area contributed by atoms with Crippen LogP contribution in [-0.4, -0.2) is 25.3 Å².